The van der Waals surface area contributed by atoms with Crippen molar-refractivity contribution in [3.05, 3.63) is 177 Å². The summed E-state index contributed by atoms with van der Waals surface area (Å²) in [5.41, 5.74) is 21.1. The van der Waals surface area contributed by atoms with Gasteiger partial charge in [0.15, 0.2) is 0 Å². The number of anilines is 6. The molecule has 0 radical (unpaired) electrons. The van der Waals surface area contributed by atoms with Gasteiger partial charge in [0.1, 0.15) is 0 Å². The summed E-state index contributed by atoms with van der Waals surface area (Å²) < 4.78 is 0. The van der Waals surface area contributed by atoms with Crippen LogP contribution in [0.3, 0.4) is 0 Å². The van der Waals surface area contributed by atoms with Crippen molar-refractivity contribution >= 4 is 66.4 Å². The maximum absolute atomic E-state index is 2.61. The molecule has 61 heavy (non-hydrogen) atoms. The molecule has 0 heterocycles. The normalized spacial score (nSPS) is 15.9. The third kappa shape index (κ3) is 6.53. The summed E-state index contributed by atoms with van der Waals surface area (Å²) in [6.45, 7) is 2.26. The summed E-state index contributed by atoms with van der Waals surface area (Å²) in [5, 5.41) is 7.83. The second-order valence-electron chi connectivity index (χ2n) is 18.8. The molecule has 12 rings (SSSR count). The van der Waals surface area contributed by atoms with Crippen molar-refractivity contribution in [1.29, 1.82) is 0 Å². The highest BCUT2D eigenvalue weighted by Gasteiger charge is 2.25. The van der Waals surface area contributed by atoms with Crippen molar-refractivity contribution in [3.8, 4) is 0 Å². The number of hydrogen-bond donors (Lipinski definition) is 0. The molecular formula is C59H56N2. The van der Waals surface area contributed by atoms with E-state index in [1.807, 2.05) is 0 Å². The van der Waals surface area contributed by atoms with Crippen LogP contribution in [0.2, 0.25) is 0 Å². The van der Waals surface area contributed by atoms with Gasteiger partial charge >= 0.3 is 0 Å². The fraction of sp³-hybridized carbons (Fsp3) is 0.288. The van der Waals surface area contributed by atoms with Crippen LogP contribution < -0.4 is 9.80 Å². The first-order valence-electron chi connectivity index (χ1n) is 23.6. The molecule has 4 aliphatic rings. The molecule has 0 fully saturated rings. The molecule has 0 bridgehead atoms. The van der Waals surface area contributed by atoms with E-state index in [-0.39, 0.29) is 0 Å². The highest BCUT2D eigenvalue weighted by molar-refractivity contribution is 6.24. The first-order valence-corrected chi connectivity index (χ1v) is 23.6. The van der Waals surface area contributed by atoms with Gasteiger partial charge in [-0.05, 0) is 236 Å². The topological polar surface area (TPSA) is 6.48 Å². The van der Waals surface area contributed by atoms with Crippen molar-refractivity contribution in [2.45, 2.75) is 110 Å². The van der Waals surface area contributed by atoms with E-state index in [4.69, 9.17) is 0 Å². The molecule has 0 saturated heterocycles. The number of rotatable bonds is 6. The molecule has 0 aromatic heterocycles. The minimum absolute atomic E-state index is 1.16. The average Bonchev–Trinajstić information content (AvgIpc) is 3.31. The van der Waals surface area contributed by atoms with Gasteiger partial charge in [-0.3, -0.25) is 0 Å². The fourth-order valence-electron chi connectivity index (χ4n) is 11.7. The van der Waals surface area contributed by atoms with E-state index in [2.05, 4.69) is 144 Å². The Labute approximate surface area is 361 Å². The number of benzene rings is 8. The number of hydrogen-bond acceptors (Lipinski definition) is 2. The minimum Gasteiger partial charge on any atom is -0.310 e. The number of nitrogens with zero attached hydrogens (tertiary/aromatic N) is 2. The third-order valence-electron chi connectivity index (χ3n) is 14.9. The summed E-state index contributed by atoms with van der Waals surface area (Å²) in [6, 6.07) is 51.0. The van der Waals surface area contributed by atoms with Crippen molar-refractivity contribution in [1.82, 2.24) is 0 Å². The minimum atomic E-state index is 1.16. The van der Waals surface area contributed by atoms with E-state index < -0.39 is 0 Å². The van der Waals surface area contributed by atoms with Gasteiger partial charge in [-0.15, -0.1) is 0 Å². The van der Waals surface area contributed by atoms with E-state index >= 15 is 0 Å². The number of fused-ring (bicyclic) bond motifs is 9. The van der Waals surface area contributed by atoms with E-state index in [0.717, 1.165) is 25.7 Å². The van der Waals surface area contributed by atoms with Gasteiger partial charge in [-0.2, -0.15) is 0 Å². The van der Waals surface area contributed by atoms with Crippen LogP contribution in [0.4, 0.5) is 34.1 Å². The summed E-state index contributed by atoms with van der Waals surface area (Å²) in [5.74, 6) is 0. The van der Waals surface area contributed by atoms with E-state index in [1.54, 1.807) is 0 Å². The van der Waals surface area contributed by atoms with Crippen LogP contribution in [-0.4, -0.2) is 0 Å². The van der Waals surface area contributed by atoms with Crippen LogP contribution in [0.25, 0.3) is 32.3 Å². The first-order chi connectivity index (χ1) is 30.1. The van der Waals surface area contributed by atoms with Gasteiger partial charge in [0, 0.05) is 33.5 Å². The van der Waals surface area contributed by atoms with Gasteiger partial charge in [-0.25, -0.2) is 0 Å². The highest BCUT2D eigenvalue weighted by atomic mass is 15.2. The molecule has 0 aliphatic heterocycles. The molecule has 8 aromatic rings. The second kappa shape index (κ2) is 15.2. The van der Waals surface area contributed by atoms with Crippen molar-refractivity contribution in [2.75, 3.05) is 9.80 Å². The predicted octanol–water partition coefficient (Wildman–Crippen LogP) is 15.9. The molecule has 0 N–H and O–H groups in total. The van der Waals surface area contributed by atoms with Gasteiger partial charge < -0.3 is 9.80 Å². The lowest BCUT2D eigenvalue weighted by molar-refractivity contribution is 0.685. The summed E-state index contributed by atoms with van der Waals surface area (Å²) in [6.07, 6.45) is 19.7. The van der Waals surface area contributed by atoms with E-state index in [9.17, 15) is 0 Å². The van der Waals surface area contributed by atoms with Gasteiger partial charge in [0.25, 0.3) is 0 Å². The Morgan fingerprint density at radius 1 is 0.279 bits per heavy atom. The second-order valence-corrected chi connectivity index (χ2v) is 18.8. The van der Waals surface area contributed by atoms with Crippen molar-refractivity contribution < 1.29 is 0 Å². The first kappa shape index (κ1) is 36.9. The molecule has 0 unspecified atom stereocenters. The van der Waals surface area contributed by atoms with Crippen LogP contribution in [0, 0.1) is 6.92 Å². The third-order valence-corrected chi connectivity index (χ3v) is 14.9. The Kier molecular flexibility index (Phi) is 9.23. The SMILES string of the molecule is Cc1ccc2c(N(c3ccc4c(c3)CCCC4)c3ccc4c(c3)CCCC4)cc3c4ccccc4c(N(c4ccc5c(c4)CCCC5)c4ccc5c(c4)CCCC5)cc3c2c1. The lowest BCUT2D eigenvalue weighted by atomic mass is 9.89. The van der Waals surface area contributed by atoms with Crippen molar-refractivity contribution in [2.24, 2.45) is 0 Å². The highest BCUT2D eigenvalue weighted by Crippen LogP contribution is 2.49. The zero-order valence-corrected chi connectivity index (χ0v) is 35.8. The lowest BCUT2D eigenvalue weighted by Gasteiger charge is -2.32. The van der Waals surface area contributed by atoms with Crippen molar-refractivity contribution in [3.63, 3.8) is 0 Å². The maximum atomic E-state index is 2.61. The van der Waals surface area contributed by atoms with Gasteiger partial charge in [-0.1, -0.05) is 72.3 Å². The molecule has 302 valence electrons. The molecular weight excluding hydrogens is 737 g/mol. The summed E-state index contributed by atoms with van der Waals surface area (Å²) in [7, 11) is 0. The average molecular weight is 793 g/mol. The Morgan fingerprint density at radius 2 is 0.607 bits per heavy atom. The van der Waals surface area contributed by atoms with Crippen LogP contribution in [0.1, 0.15) is 101 Å². The maximum Gasteiger partial charge on any atom is 0.0546 e. The van der Waals surface area contributed by atoms with Gasteiger partial charge in [0.2, 0.25) is 0 Å². The van der Waals surface area contributed by atoms with Gasteiger partial charge in [0.05, 0.1) is 11.4 Å². The summed E-state index contributed by atoms with van der Waals surface area (Å²) >= 11 is 0. The lowest BCUT2D eigenvalue weighted by Crippen LogP contribution is -2.15. The molecule has 0 atom stereocenters. The Hall–Kier alpha value is -5.86. The molecule has 4 aliphatic carbocycles. The standard InChI is InChI=1S/C59H56N2/c1-39-22-31-54-55(32-39)57-38-58(60(48-27-23-40-12-2-6-16-44(40)33-48)49-28-24-41-13-3-7-17-45(41)34-49)53-21-11-10-20-52(53)56(57)37-59(54)61(50-29-25-42-14-4-8-18-46(42)35-50)51-30-26-43-15-5-9-19-47(43)36-51/h10-11,20-38H,2-9,12-19H2,1H3. The zero-order valence-electron chi connectivity index (χ0n) is 35.8. The Bertz CT molecular complexity index is 2900. The zero-order chi connectivity index (χ0) is 40.4. The molecule has 0 amide bonds. The Morgan fingerprint density at radius 3 is 1.02 bits per heavy atom. The smallest absolute Gasteiger partial charge is 0.0546 e. The van der Waals surface area contributed by atoms with Crippen LogP contribution in [0.5, 0.6) is 0 Å². The number of aryl methyl sites for hydroxylation is 9. The molecule has 0 saturated carbocycles. The quantitative estimate of drug-likeness (QED) is 0.155. The molecule has 0 spiro atoms. The fourth-order valence-corrected chi connectivity index (χ4v) is 11.7. The van der Waals surface area contributed by atoms with Crippen LogP contribution in [-0.2, 0) is 51.4 Å². The van der Waals surface area contributed by atoms with Crippen LogP contribution >= 0.6 is 0 Å². The molecule has 2 heteroatoms. The Balaban J connectivity index is 1.13. The van der Waals surface area contributed by atoms with Crippen LogP contribution in [0.15, 0.2) is 127 Å². The summed E-state index contributed by atoms with van der Waals surface area (Å²) in [4.78, 5) is 5.21. The molecule has 2 nitrogen and oxygen atoms in total. The van der Waals surface area contributed by atoms with E-state index in [1.165, 1.54) is 194 Å². The van der Waals surface area contributed by atoms with E-state index in [0.29, 0.717) is 0 Å². The monoisotopic (exact) mass is 792 g/mol. The predicted molar refractivity (Wildman–Crippen MR) is 260 cm³/mol. The molecule has 8 aromatic carbocycles. The largest absolute Gasteiger partial charge is 0.310 e.